The molecule has 0 saturated carbocycles. The predicted octanol–water partition coefficient (Wildman–Crippen LogP) is 3.85. The van der Waals surface area contributed by atoms with E-state index in [1.807, 2.05) is 49.4 Å². The molecule has 7 heteroatoms. The molecule has 4 aromatic rings. The molecule has 0 aliphatic carbocycles. The van der Waals surface area contributed by atoms with Gasteiger partial charge in [-0.05, 0) is 30.7 Å². The molecule has 0 spiro atoms. The maximum atomic E-state index is 6.19. The fourth-order valence-electron chi connectivity index (χ4n) is 2.49. The normalized spacial score (nSPS) is 10.7. The van der Waals surface area contributed by atoms with Crippen molar-refractivity contribution >= 4 is 28.2 Å². The molecule has 0 bridgehead atoms. The highest BCUT2D eigenvalue weighted by Gasteiger charge is 2.13. The van der Waals surface area contributed by atoms with Crippen LogP contribution in [0.4, 0.5) is 17.3 Å². The van der Waals surface area contributed by atoms with E-state index in [4.69, 9.17) is 10.5 Å². The van der Waals surface area contributed by atoms with E-state index in [0.717, 1.165) is 16.5 Å². The van der Waals surface area contributed by atoms with Crippen molar-refractivity contribution < 1.29 is 4.74 Å². The van der Waals surface area contributed by atoms with E-state index < -0.39 is 0 Å². The molecule has 0 aliphatic rings. The number of pyridine rings is 2. The first-order valence-corrected chi connectivity index (χ1v) is 8.02. The van der Waals surface area contributed by atoms with Gasteiger partial charge >= 0.3 is 0 Å². The van der Waals surface area contributed by atoms with Gasteiger partial charge in [0.05, 0.1) is 0 Å². The number of para-hydroxylation sites is 1. The predicted molar refractivity (Wildman–Crippen MR) is 101 cm³/mol. The van der Waals surface area contributed by atoms with Gasteiger partial charge in [-0.25, -0.2) is 9.97 Å². The molecule has 1 aromatic carbocycles. The van der Waals surface area contributed by atoms with Gasteiger partial charge in [-0.3, -0.25) is 4.98 Å². The van der Waals surface area contributed by atoms with Gasteiger partial charge in [0.15, 0.2) is 11.6 Å². The zero-order valence-electron chi connectivity index (χ0n) is 14.0. The Morgan fingerprint density at radius 1 is 0.962 bits per heavy atom. The van der Waals surface area contributed by atoms with Crippen LogP contribution in [0.2, 0.25) is 0 Å². The van der Waals surface area contributed by atoms with Gasteiger partial charge in [-0.1, -0.05) is 24.3 Å². The quantitative estimate of drug-likeness (QED) is 0.580. The third-order valence-corrected chi connectivity index (χ3v) is 3.81. The first-order chi connectivity index (χ1) is 12.7. The second kappa shape index (κ2) is 6.64. The third kappa shape index (κ3) is 3.10. The Morgan fingerprint density at radius 3 is 2.69 bits per heavy atom. The fourth-order valence-corrected chi connectivity index (χ4v) is 2.49. The summed E-state index contributed by atoms with van der Waals surface area (Å²) in [5, 5.41) is 4.05. The Kier molecular flexibility index (Phi) is 4.03. The van der Waals surface area contributed by atoms with Crippen LogP contribution in [0.1, 0.15) is 5.56 Å². The van der Waals surface area contributed by atoms with Crippen LogP contribution in [0.15, 0.2) is 61.2 Å². The second-order valence-corrected chi connectivity index (χ2v) is 5.72. The van der Waals surface area contributed by atoms with Crippen LogP contribution in [-0.2, 0) is 0 Å². The highest BCUT2D eigenvalue weighted by molar-refractivity contribution is 5.84. The molecule has 3 N–H and O–H groups in total. The average Bonchev–Trinajstić information content (AvgIpc) is 2.67. The topological polar surface area (TPSA) is 98.8 Å². The van der Waals surface area contributed by atoms with Crippen LogP contribution >= 0.6 is 0 Å². The lowest BCUT2D eigenvalue weighted by Crippen LogP contribution is -2.04. The van der Waals surface area contributed by atoms with E-state index in [-0.39, 0.29) is 5.88 Å². The standard InChI is InChI=1S/C19H16N6O/c1-12-7-8-15(22-10-12)25-18-16(20)19(24-11-23-18)26-14-6-2-4-13-5-3-9-21-17(13)14/h2-11H,20H2,1H3,(H,22,23,24,25). The van der Waals surface area contributed by atoms with E-state index in [1.54, 1.807) is 12.4 Å². The molecule has 0 fully saturated rings. The van der Waals surface area contributed by atoms with Gasteiger partial charge in [0.1, 0.15) is 23.3 Å². The van der Waals surface area contributed by atoms with Crippen molar-refractivity contribution in [2.75, 3.05) is 11.1 Å². The first-order valence-electron chi connectivity index (χ1n) is 8.02. The summed E-state index contributed by atoms with van der Waals surface area (Å²) in [4.78, 5) is 17.0. The van der Waals surface area contributed by atoms with Crippen LogP contribution in [0.25, 0.3) is 10.9 Å². The number of hydrogen-bond acceptors (Lipinski definition) is 7. The molecular weight excluding hydrogens is 328 g/mol. The SMILES string of the molecule is Cc1ccc(Nc2ncnc(Oc3cccc4cccnc34)c2N)nc1. The Balaban J connectivity index is 1.66. The number of fused-ring (bicyclic) bond motifs is 1. The van der Waals surface area contributed by atoms with Crippen molar-refractivity contribution in [1.82, 2.24) is 19.9 Å². The van der Waals surface area contributed by atoms with Crippen molar-refractivity contribution in [2.24, 2.45) is 0 Å². The molecule has 128 valence electrons. The minimum absolute atomic E-state index is 0.257. The molecule has 0 unspecified atom stereocenters. The number of rotatable bonds is 4. The van der Waals surface area contributed by atoms with Gasteiger partial charge in [-0.15, -0.1) is 0 Å². The zero-order chi connectivity index (χ0) is 17.9. The Morgan fingerprint density at radius 2 is 1.85 bits per heavy atom. The van der Waals surface area contributed by atoms with E-state index in [1.165, 1.54) is 6.33 Å². The molecule has 3 heterocycles. The highest BCUT2D eigenvalue weighted by Crippen LogP contribution is 2.33. The molecule has 26 heavy (non-hydrogen) atoms. The molecule has 0 radical (unpaired) electrons. The zero-order valence-corrected chi connectivity index (χ0v) is 14.0. The van der Waals surface area contributed by atoms with Crippen molar-refractivity contribution in [3.8, 4) is 11.6 Å². The number of hydrogen-bond donors (Lipinski definition) is 2. The number of aromatic nitrogens is 4. The summed E-state index contributed by atoms with van der Waals surface area (Å²) in [5.41, 5.74) is 8.29. The Bertz CT molecular complexity index is 1060. The molecule has 0 saturated heterocycles. The van der Waals surface area contributed by atoms with Gasteiger partial charge in [-0.2, -0.15) is 4.98 Å². The van der Waals surface area contributed by atoms with Crippen molar-refractivity contribution in [2.45, 2.75) is 6.92 Å². The summed E-state index contributed by atoms with van der Waals surface area (Å²) < 4.78 is 5.92. The molecule has 4 rings (SSSR count). The summed E-state index contributed by atoms with van der Waals surface area (Å²) in [6, 6.07) is 13.3. The smallest absolute Gasteiger partial charge is 0.248 e. The van der Waals surface area contributed by atoms with E-state index in [9.17, 15) is 0 Å². The van der Waals surface area contributed by atoms with Crippen LogP contribution in [0, 0.1) is 6.92 Å². The van der Waals surface area contributed by atoms with E-state index >= 15 is 0 Å². The number of nitrogens with zero attached hydrogens (tertiary/aromatic N) is 4. The number of nitrogens with one attached hydrogen (secondary N) is 1. The average molecular weight is 344 g/mol. The third-order valence-electron chi connectivity index (χ3n) is 3.81. The fraction of sp³-hybridized carbons (Fsp3) is 0.0526. The first kappa shape index (κ1) is 15.8. The minimum atomic E-state index is 0.257. The van der Waals surface area contributed by atoms with Crippen LogP contribution in [0.5, 0.6) is 11.6 Å². The molecule has 7 nitrogen and oxygen atoms in total. The number of ether oxygens (including phenoxy) is 1. The van der Waals surface area contributed by atoms with E-state index in [2.05, 4.69) is 25.3 Å². The summed E-state index contributed by atoms with van der Waals surface area (Å²) in [7, 11) is 0. The summed E-state index contributed by atoms with van der Waals surface area (Å²) >= 11 is 0. The Hall–Kier alpha value is -3.74. The highest BCUT2D eigenvalue weighted by atomic mass is 16.5. The van der Waals surface area contributed by atoms with Gasteiger partial charge in [0, 0.05) is 17.8 Å². The van der Waals surface area contributed by atoms with Crippen LogP contribution < -0.4 is 15.8 Å². The lowest BCUT2D eigenvalue weighted by atomic mass is 10.2. The second-order valence-electron chi connectivity index (χ2n) is 5.72. The lowest BCUT2D eigenvalue weighted by molar-refractivity contribution is 0.469. The van der Waals surface area contributed by atoms with Crippen molar-refractivity contribution in [3.05, 3.63) is 66.7 Å². The maximum absolute atomic E-state index is 6.19. The molecule has 3 aromatic heterocycles. The van der Waals surface area contributed by atoms with Crippen molar-refractivity contribution in [3.63, 3.8) is 0 Å². The van der Waals surface area contributed by atoms with E-state index in [0.29, 0.717) is 23.1 Å². The molecular formula is C19H16N6O. The van der Waals surface area contributed by atoms with Crippen LogP contribution in [-0.4, -0.2) is 19.9 Å². The van der Waals surface area contributed by atoms with Crippen molar-refractivity contribution in [1.29, 1.82) is 0 Å². The number of aryl methyl sites for hydroxylation is 1. The Labute approximate surface area is 149 Å². The molecule has 0 aliphatic heterocycles. The number of nitrogens with two attached hydrogens (primary N) is 1. The molecule has 0 amide bonds. The number of benzene rings is 1. The van der Waals surface area contributed by atoms with Gasteiger partial charge in [0.2, 0.25) is 5.88 Å². The lowest BCUT2D eigenvalue weighted by Gasteiger charge is -2.12. The minimum Gasteiger partial charge on any atom is -0.435 e. The molecule has 0 atom stereocenters. The summed E-state index contributed by atoms with van der Waals surface area (Å²) in [6.45, 7) is 1.97. The maximum Gasteiger partial charge on any atom is 0.248 e. The monoisotopic (exact) mass is 344 g/mol. The summed E-state index contributed by atoms with van der Waals surface area (Å²) in [6.07, 6.45) is 4.87. The van der Waals surface area contributed by atoms with Gasteiger partial charge in [0.25, 0.3) is 0 Å². The largest absolute Gasteiger partial charge is 0.435 e. The number of anilines is 3. The summed E-state index contributed by atoms with van der Waals surface area (Å²) in [5.74, 6) is 1.90. The van der Waals surface area contributed by atoms with Gasteiger partial charge < -0.3 is 15.8 Å². The van der Waals surface area contributed by atoms with Crippen LogP contribution in [0.3, 0.4) is 0 Å². The number of nitrogen functional groups attached to an aromatic ring is 1.